The fraction of sp³-hybridized carbons (Fsp3) is 0.429. The molecule has 1 aromatic carbocycles. The molecule has 4 nitrogen and oxygen atoms in total. The molecule has 0 saturated carbocycles. The van der Waals surface area contributed by atoms with Crippen LogP contribution in [0, 0.1) is 11.3 Å². The van der Waals surface area contributed by atoms with E-state index in [2.05, 4.69) is 16.3 Å². The van der Waals surface area contributed by atoms with Crippen LogP contribution < -0.4 is 5.32 Å². The molecule has 1 fully saturated rings. The maximum absolute atomic E-state index is 11.0. The number of carbonyl (C=O) groups excluding carboxylic acids is 1. The highest BCUT2D eigenvalue weighted by atomic mass is 16.1. The molecule has 1 amide bonds. The summed E-state index contributed by atoms with van der Waals surface area (Å²) < 4.78 is 0. The van der Waals surface area contributed by atoms with Crippen LogP contribution in [0.5, 0.6) is 0 Å². The maximum atomic E-state index is 11.0. The van der Waals surface area contributed by atoms with Gasteiger partial charge in [0.15, 0.2) is 0 Å². The highest BCUT2D eigenvalue weighted by molar-refractivity contribution is 5.73. The summed E-state index contributed by atoms with van der Waals surface area (Å²) in [6.45, 7) is 4.34. The van der Waals surface area contributed by atoms with Crippen LogP contribution >= 0.6 is 0 Å². The average molecular weight is 243 g/mol. The van der Waals surface area contributed by atoms with Crippen LogP contribution in [-0.2, 0) is 11.3 Å². The predicted octanol–water partition coefficient (Wildman–Crippen LogP) is 1.27. The van der Waals surface area contributed by atoms with Crippen molar-refractivity contribution in [2.75, 3.05) is 13.1 Å². The van der Waals surface area contributed by atoms with Crippen LogP contribution in [0.1, 0.15) is 24.5 Å². The Kier molecular flexibility index (Phi) is 3.96. The van der Waals surface area contributed by atoms with Crippen LogP contribution in [-0.4, -0.2) is 29.9 Å². The second-order valence-electron chi connectivity index (χ2n) is 4.73. The molecule has 1 heterocycles. The van der Waals surface area contributed by atoms with Gasteiger partial charge in [-0.05, 0) is 24.1 Å². The fourth-order valence-corrected chi connectivity index (χ4v) is 2.32. The molecule has 4 heteroatoms. The fourth-order valence-electron chi connectivity index (χ4n) is 2.32. The first-order valence-electron chi connectivity index (χ1n) is 6.16. The number of rotatable bonds is 3. The van der Waals surface area contributed by atoms with Crippen molar-refractivity contribution >= 4 is 5.91 Å². The molecular formula is C14H17N3O. The Bertz CT molecular complexity index is 461. The molecule has 1 N–H and O–H groups in total. The van der Waals surface area contributed by atoms with Gasteiger partial charge in [-0.1, -0.05) is 12.1 Å². The molecular weight excluding hydrogens is 226 g/mol. The first-order valence-corrected chi connectivity index (χ1v) is 6.16. The minimum absolute atomic E-state index is 0.0419. The Balaban J connectivity index is 1.87. The van der Waals surface area contributed by atoms with Crippen molar-refractivity contribution in [2.24, 2.45) is 0 Å². The van der Waals surface area contributed by atoms with Gasteiger partial charge in [0.25, 0.3) is 0 Å². The van der Waals surface area contributed by atoms with Gasteiger partial charge in [0.05, 0.1) is 11.6 Å². The third-order valence-electron chi connectivity index (χ3n) is 3.17. The number of nitriles is 1. The Labute approximate surface area is 107 Å². The quantitative estimate of drug-likeness (QED) is 0.869. The first kappa shape index (κ1) is 12.6. The van der Waals surface area contributed by atoms with Gasteiger partial charge in [-0.3, -0.25) is 9.69 Å². The standard InChI is InChI=1S/C14H17N3O/c1-11(18)16-14-6-7-17(10-14)9-13-4-2-12(8-15)3-5-13/h2-5,14H,6-7,9-10H2,1H3,(H,16,18). The summed E-state index contributed by atoms with van der Waals surface area (Å²) in [6, 6.07) is 10.1. The van der Waals surface area contributed by atoms with Gasteiger partial charge in [-0.15, -0.1) is 0 Å². The third kappa shape index (κ3) is 3.31. The lowest BCUT2D eigenvalue weighted by Gasteiger charge is -2.16. The molecule has 1 aliphatic rings. The van der Waals surface area contributed by atoms with Crippen molar-refractivity contribution in [2.45, 2.75) is 25.9 Å². The largest absolute Gasteiger partial charge is 0.352 e. The summed E-state index contributed by atoms with van der Waals surface area (Å²) in [4.78, 5) is 13.3. The second kappa shape index (κ2) is 5.65. The molecule has 0 spiro atoms. The topological polar surface area (TPSA) is 56.1 Å². The van der Waals surface area contributed by atoms with Crippen LogP contribution in [0.25, 0.3) is 0 Å². The number of hydrogen-bond donors (Lipinski definition) is 1. The van der Waals surface area contributed by atoms with E-state index in [1.807, 2.05) is 24.3 Å². The lowest BCUT2D eigenvalue weighted by atomic mass is 10.1. The molecule has 1 saturated heterocycles. The van der Waals surface area contributed by atoms with Gasteiger partial charge in [-0.2, -0.15) is 5.26 Å². The van der Waals surface area contributed by atoms with E-state index in [1.165, 1.54) is 5.56 Å². The third-order valence-corrected chi connectivity index (χ3v) is 3.17. The highest BCUT2D eigenvalue weighted by Gasteiger charge is 2.22. The minimum Gasteiger partial charge on any atom is -0.352 e. The molecule has 94 valence electrons. The summed E-state index contributed by atoms with van der Waals surface area (Å²) in [5, 5.41) is 11.7. The zero-order valence-corrected chi connectivity index (χ0v) is 10.5. The monoisotopic (exact) mass is 243 g/mol. The molecule has 2 rings (SSSR count). The molecule has 0 aliphatic carbocycles. The van der Waals surface area contributed by atoms with E-state index in [1.54, 1.807) is 6.92 Å². The lowest BCUT2D eigenvalue weighted by molar-refractivity contribution is -0.119. The normalized spacial score (nSPS) is 19.4. The van der Waals surface area contributed by atoms with Gasteiger partial charge >= 0.3 is 0 Å². The first-order chi connectivity index (χ1) is 8.67. The maximum Gasteiger partial charge on any atom is 0.217 e. The molecule has 18 heavy (non-hydrogen) atoms. The van der Waals surface area contributed by atoms with E-state index in [-0.39, 0.29) is 11.9 Å². The molecule has 0 bridgehead atoms. The van der Waals surface area contributed by atoms with Gasteiger partial charge in [-0.25, -0.2) is 0 Å². The van der Waals surface area contributed by atoms with Crippen molar-refractivity contribution in [1.82, 2.24) is 10.2 Å². The summed E-state index contributed by atoms with van der Waals surface area (Å²) in [7, 11) is 0. The van der Waals surface area contributed by atoms with Crippen molar-refractivity contribution < 1.29 is 4.79 Å². The minimum atomic E-state index is 0.0419. The Morgan fingerprint density at radius 1 is 1.50 bits per heavy atom. The SMILES string of the molecule is CC(=O)NC1CCN(Cc2ccc(C#N)cc2)C1. The number of nitrogens with zero attached hydrogens (tertiary/aromatic N) is 2. The molecule has 1 aliphatic heterocycles. The Morgan fingerprint density at radius 2 is 2.22 bits per heavy atom. The van der Waals surface area contributed by atoms with Gasteiger partial charge < -0.3 is 5.32 Å². The van der Waals surface area contributed by atoms with Crippen molar-refractivity contribution in [3.05, 3.63) is 35.4 Å². The molecule has 0 aromatic heterocycles. The number of nitrogens with one attached hydrogen (secondary N) is 1. The highest BCUT2D eigenvalue weighted by Crippen LogP contribution is 2.14. The zero-order valence-electron chi connectivity index (χ0n) is 10.5. The summed E-state index contributed by atoms with van der Waals surface area (Å²) >= 11 is 0. The van der Waals surface area contributed by atoms with E-state index in [0.29, 0.717) is 5.56 Å². The smallest absolute Gasteiger partial charge is 0.217 e. The Hall–Kier alpha value is -1.86. The van der Waals surface area contributed by atoms with Crippen molar-refractivity contribution in [3.63, 3.8) is 0 Å². The molecule has 1 atom stereocenters. The average Bonchev–Trinajstić information content (AvgIpc) is 2.76. The van der Waals surface area contributed by atoms with E-state index < -0.39 is 0 Å². The number of benzene rings is 1. The molecule has 1 aromatic rings. The zero-order chi connectivity index (χ0) is 13.0. The number of carbonyl (C=O) groups is 1. The van der Waals surface area contributed by atoms with Crippen molar-refractivity contribution in [3.8, 4) is 6.07 Å². The Morgan fingerprint density at radius 3 is 2.83 bits per heavy atom. The van der Waals surface area contributed by atoms with E-state index in [9.17, 15) is 4.79 Å². The second-order valence-corrected chi connectivity index (χ2v) is 4.73. The molecule has 0 radical (unpaired) electrons. The van der Waals surface area contributed by atoms with E-state index in [0.717, 1.165) is 26.1 Å². The van der Waals surface area contributed by atoms with E-state index >= 15 is 0 Å². The van der Waals surface area contributed by atoms with Crippen LogP contribution in [0.15, 0.2) is 24.3 Å². The summed E-state index contributed by atoms with van der Waals surface area (Å²) in [6.07, 6.45) is 1.01. The summed E-state index contributed by atoms with van der Waals surface area (Å²) in [5.41, 5.74) is 1.90. The number of hydrogen-bond acceptors (Lipinski definition) is 3. The van der Waals surface area contributed by atoms with E-state index in [4.69, 9.17) is 5.26 Å². The van der Waals surface area contributed by atoms with Crippen LogP contribution in [0.3, 0.4) is 0 Å². The number of likely N-dealkylation sites (tertiary alicyclic amines) is 1. The van der Waals surface area contributed by atoms with Crippen molar-refractivity contribution in [1.29, 1.82) is 5.26 Å². The lowest BCUT2D eigenvalue weighted by Crippen LogP contribution is -2.35. The number of amides is 1. The van der Waals surface area contributed by atoms with Crippen LogP contribution in [0.4, 0.5) is 0 Å². The van der Waals surface area contributed by atoms with Gasteiger partial charge in [0.1, 0.15) is 0 Å². The van der Waals surface area contributed by atoms with Gasteiger partial charge in [0, 0.05) is 32.6 Å². The van der Waals surface area contributed by atoms with Crippen LogP contribution in [0.2, 0.25) is 0 Å². The molecule has 1 unspecified atom stereocenters. The summed E-state index contributed by atoms with van der Waals surface area (Å²) in [5.74, 6) is 0.0419. The predicted molar refractivity (Wildman–Crippen MR) is 68.7 cm³/mol. The van der Waals surface area contributed by atoms with Gasteiger partial charge in [0.2, 0.25) is 5.91 Å².